The Labute approximate surface area is 156 Å². The van der Waals surface area contributed by atoms with Crippen molar-refractivity contribution in [3.8, 4) is 22.3 Å². The van der Waals surface area contributed by atoms with Gasteiger partial charge in [-0.1, -0.05) is 78.9 Å². The second kappa shape index (κ2) is 6.01. The molecule has 0 fully saturated rings. The fourth-order valence-corrected chi connectivity index (χ4v) is 4.72. The molecule has 1 heterocycles. The number of anilines is 1. The second-order valence-corrected chi connectivity index (χ2v) is 7.50. The van der Waals surface area contributed by atoms with Gasteiger partial charge in [-0.3, -0.25) is 0 Å². The summed E-state index contributed by atoms with van der Waals surface area (Å²) in [4.78, 5) is 0. The second-order valence-electron chi connectivity index (χ2n) is 6.45. The van der Waals surface area contributed by atoms with E-state index in [2.05, 4.69) is 84.9 Å². The third kappa shape index (κ3) is 2.39. The van der Waals surface area contributed by atoms with Crippen LogP contribution in [0, 0.1) is 0 Å². The zero-order chi connectivity index (χ0) is 17.5. The van der Waals surface area contributed by atoms with Crippen molar-refractivity contribution in [3.05, 3.63) is 91.0 Å². The van der Waals surface area contributed by atoms with Crippen LogP contribution < -0.4 is 5.73 Å². The molecule has 0 atom stereocenters. The van der Waals surface area contributed by atoms with Gasteiger partial charge in [-0.2, -0.15) is 0 Å². The number of nitrogen functional groups attached to an aromatic ring is 1. The zero-order valence-corrected chi connectivity index (χ0v) is 15.0. The highest BCUT2D eigenvalue weighted by molar-refractivity contribution is 7.26. The van der Waals surface area contributed by atoms with Gasteiger partial charge in [0.1, 0.15) is 0 Å². The summed E-state index contributed by atoms with van der Waals surface area (Å²) < 4.78 is 2.46. The summed E-state index contributed by atoms with van der Waals surface area (Å²) in [6, 6.07) is 31.9. The molecule has 26 heavy (non-hydrogen) atoms. The van der Waals surface area contributed by atoms with Crippen molar-refractivity contribution in [3.63, 3.8) is 0 Å². The van der Waals surface area contributed by atoms with E-state index in [1.807, 2.05) is 6.07 Å². The van der Waals surface area contributed by atoms with Crippen LogP contribution in [0.3, 0.4) is 0 Å². The van der Waals surface area contributed by atoms with Crippen molar-refractivity contribution < 1.29 is 0 Å². The van der Waals surface area contributed by atoms with Crippen molar-refractivity contribution in [2.75, 3.05) is 5.73 Å². The topological polar surface area (TPSA) is 26.0 Å². The van der Waals surface area contributed by atoms with E-state index < -0.39 is 0 Å². The van der Waals surface area contributed by atoms with Gasteiger partial charge in [0.25, 0.3) is 0 Å². The molecule has 0 bridgehead atoms. The molecule has 0 saturated heterocycles. The molecule has 5 aromatic rings. The van der Waals surface area contributed by atoms with Crippen molar-refractivity contribution in [1.29, 1.82) is 0 Å². The Kier molecular flexibility index (Phi) is 3.51. The van der Waals surface area contributed by atoms with Crippen LogP contribution in [0.15, 0.2) is 91.0 Å². The molecule has 2 heteroatoms. The minimum absolute atomic E-state index is 0.869. The van der Waals surface area contributed by atoms with Crippen LogP contribution in [0.4, 0.5) is 5.69 Å². The van der Waals surface area contributed by atoms with Crippen molar-refractivity contribution in [2.45, 2.75) is 0 Å². The highest BCUT2D eigenvalue weighted by Gasteiger charge is 2.12. The Morgan fingerprint density at radius 2 is 1.31 bits per heavy atom. The summed E-state index contributed by atoms with van der Waals surface area (Å²) in [5.74, 6) is 0. The smallest absolute Gasteiger partial charge is 0.0591 e. The highest BCUT2D eigenvalue weighted by Crippen LogP contribution is 2.41. The Balaban J connectivity index is 1.70. The number of nitrogens with two attached hydrogens (primary N) is 1. The fourth-order valence-electron chi connectivity index (χ4n) is 3.56. The molecule has 1 aromatic heterocycles. The number of thiophene rings is 1. The van der Waals surface area contributed by atoms with Crippen molar-refractivity contribution in [2.24, 2.45) is 0 Å². The minimum atomic E-state index is 0.869. The normalized spacial score (nSPS) is 11.2. The monoisotopic (exact) mass is 351 g/mol. The van der Waals surface area contributed by atoms with Crippen LogP contribution in [-0.2, 0) is 0 Å². The largest absolute Gasteiger partial charge is 0.397 e. The van der Waals surface area contributed by atoms with Crippen molar-refractivity contribution >= 4 is 37.2 Å². The predicted octanol–water partition coefficient (Wildman–Crippen LogP) is 6.97. The third-order valence-electron chi connectivity index (χ3n) is 4.87. The molecule has 1 nitrogen and oxygen atoms in total. The maximum absolute atomic E-state index is 6.61. The average molecular weight is 351 g/mol. The van der Waals surface area contributed by atoms with Crippen LogP contribution in [0.5, 0.6) is 0 Å². The zero-order valence-electron chi connectivity index (χ0n) is 14.1. The Bertz CT molecular complexity index is 1240. The fraction of sp³-hybridized carbons (Fsp3) is 0. The molecule has 0 aliphatic heterocycles. The lowest BCUT2D eigenvalue weighted by Gasteiger charge is -2.09. The molecule has 0 aliphatic rings. The van der Waals surface area contributed by atoms with Crippen LogP contribution >= 0.6 is 11.3 Å². The van der Waals surface area contributed by atoms with Gasteiger partial charge in [-0.25, -0.2) is 0 Å². The lowest BCUT2D eigenvalue weighted by molar-refractivity contribution is 1.60. The summed E-state index contributed by atoms with van der Waals surface area (Å²) in [6.07, 6.45) is 0. The van der Waals surface area contributed by atoms with Gasteiger partial charge < -0.3 is 5.73 Å². The van der Waals surface area contributed by atoms with Gasteiger partial charge in [0.05, 0.1) is 10.4 Å². The summed E-state index contributed by atoms with van der Waals surface area (Å²) in [5.41, 5.74) is 12.2. The number of benzene rings is 4. The maximum Gasteiger partial charge on any atom is 0.0591 e. The lowest BCUT2D eigenvalue weighted by atomic mass is 9.97. The lowest BCUT2D eigenvalue weighted by Crippen LogP contribution is -1.90. The first-order valence-corrected chi connectivity index (χ1v) is 9.48. The number of hydrogen-bond donors (Lipinski definition) is 1. The maximum atomic E-state index is 6.61. The summed E-state index contributed by atoms with van der Waals surface area (Å²) in [7, 11) is 0. The van der Waals surface area contributed by atoms with E-state index in [-0.39, 0.29) is 0 Å². The predicted molar refractivity (Wildman–Crippen MR) is 115 cm³/mol. The molecule has 124 valence electrons. The van der Waals surface area contributed by atoms with Gasteiger partial charge in [0.2, 0.25) is 0 Å². The van der Waals surface area contributed by atoms with Gasteiger partial charge in [-0.15, -0.1) is 11.3 Å². The summed E-state index contributed by atoms with van der Waals surface area (Å²) in [6.45, 7) is 0. The van der Waals surface area contributed by atoms with Crippen LogP contribution in [0.25, 0.3) is 42.4 Å². The summed E-state index contributed by atoms with van der Waals surface area (Å²) in [5, 5.41) is 2.52. The van der Waals surface area contributed by atoms with Crippen molar-refractivity contribution in [1.82, 2.24) is 0 Å². The SMILES string of the molecule is Nc1c(-c2cccc(-c3ccccc3)c2)ccc2c1sc1ccccc12. The third-order valence-corrected chi connectivity index (χ3v) is 6.09. The van der Waals surface area contributed by atoms with E-state index in [1.165, 1.54) is 31.3 Å². The van der Waals surface area contributed by atoms with Crippen LogP contribution in [-0.4, -0.2) is 0 Å². The molecule has 2 N–H and O–H groups in total. The Morgan fingerprint density at radius 3 is 2.19 bits per heavy atom. The van der Waals surface area contributed by atoms with Gasteiger partial charge in [0.15, 0.2) is 0 Å². The van der Waals surface area contributed by atoms with E-state index >= 15 is 0 Å². The number of fused-ring (bicyclic) bond motifs is 3. The van der Waals surface area contributed by atoms with Gasteiger partial charge in [-0.05, 0) is 28.8 Å². The molecule has 5 rings (SSSR count). The first kappa shape index (κ1) is 15.2. The molecule has 0 amide bonds. The first-order chi connectivity index (χ1) is 12.8. The minimum Gasteiger partial charge on any atom is -0.397 e. The van der Waals surface area contributed by atoms with E-state index in [0.717, 1.165) is 16.8 Å². The molecule has 4 aromatic carbocycles. The molecular formula is C24H17NS. The number of hydrogen-bond acceptors (Lipinski definition) is 2. The Morgan fingerprint density at radius 1 is 0.577 bits per heavy atom. The quantitative estimate of drug-likeness (QED) is 0.341. The summed E-state index contributed by atoms with van der Waals surface area (Å²) >= 11 is 1.77. The molecule has 0 radical (unpaired) electrons. The average Bonchev–Trinajstić information content (AvgIpc) is 3.09. The van der Waals surface area contributed by atoms with E-state index in [0.29, 0.717) is 0 Å². The number of rotatable bonds is 2. The standard InChI is InChI=1S/C24H17NS/c25-23-19(13-14-21-20-11-4-5-12-22(20)26-24(21)23)18-10-6-9-17(15-18)16-7-2-1-3-8-16/h1-15H,25H2. The van der Waals surface area contributed by atoms with E-state index in [9.17, 15) is 0 Å². The molecule has 0 unspecified atom stereocenters. The van der Waals surface area contributed by atoms with Crippen LogP contribution in [0.1, 0.15) is 0 Å². The van der Waals surface area contributed by atoms with E-state index in [4.69, 9.17) is 5.73 Å². The highest BCUT2D eigenvalue weighted by atomic mass is 32.1. The molecule has 0 spiro atoms. The Hall–Kier alpha value is -3.10. The van der Waals surface area contributed by atoms with Gasteiger partial charge >= 0.3 is 0 Å². The first-order valence-electron chi connectivity index (χ1n) is 8.67. The molecule has 0 saturated carbocycles. The van der Waals surface area contributed by atoms with Gasteiger partial charge in [0, 0.05) is 21.0 Å². The van der Waals surface area contributed by atoms with E-state index in [1.54, 1.807) is 11.3 Å². The van der Waals surface area contributed by atoms with Crippen LogP contribution in [0.2, 0.25) is 0 Å². The molecule has 0 aliphatic carbocycles. The molecular weight excluding hydrogens is 334 g/mol.